The van der Waals surface area contributed by atoms with E-state index in [1.54, 1.807) is 48.7 Å². The predicted octanol–water partition coefficient (Wildman–Crippen LogP) is 10.4. The Morgan fingerprint density at radius 3 is 2.28 bits per heavy atom. The minimum absolute atomic E-state index is 0.245. The molecule has 0 fully saturated rings. The highest BCUT2D eigenvalue weighted by Crippen LogP contribution is 2.57. The van der Waals surface area contributed by atoms with E-state index in [1.807, 2.05) is 74.6 Å². The molecule has 2 heterocycles. The molecular weight excluding hydrogens is 796 g/mol. The highest BCUT2D eigenvalue weighted by molar-refractivity contribution is 7.46. The second-order valence-electron chi connectivity index (χ2n) is 13.6. The van der Waals surface area contributed by atoms with E-state index in [9.17, 15) is 22.5 Å². The molecule has 1 spiro atoms. The number of allylic oxidation sites excluding steroid dienone is 8. The van der Waals surface area contributed by atoms with Gasteiger partial charge in [0.1, 0.15) is 18.2 Å². The summed E-state index contributed by atoms with van der Waals surface area (Å²) < 4.78 is 68.6. The molecule has 4 aromatic rings. The average Bonchev–Trinajstić information content (AvgIpc) is 3.51. The zero-order valence-electron chi connectivity index (χ0n) is 33.1. The number of alkyl halides is 3. The summed E-state index contributed by atoms with van der Waals surface area (Å²) in [5.74, 6) is 0.447. The first kappa shape index (κ1) is 43.5. The zero-order chi connectivity index (χ0) is 42.9. The van der Waals surface area contributed by atoms with Crippen LogP contribution in [0.5, 0.6) is 11.5 Å². The summed E-state index contributed by atoms with van der Waals surface area (Å²) in [5.41, 5.74) is 3.32. The molecule has 1 unspecified atom stereocenters. The number of fused-ring (bicyclic) bond motifs is 6. The zero-order valence-corrected chi connectivity index (χ0v) is 34.0. The molecule has 11 nitrogen and oxygen atoms in total. The van der Waals surface area contributed by atoms with Crippen LogP contribution in [0.3, 0.4) is 0 Å². The molecule has 0 saturated heterocycles. The summed E-state index contributed by atoms with van der Waals surface area (Å²) in [4.78, 5) is 41.8. The number of esters is 1. The normalized spacial score (nSPS) is 16.8. The fourth-order valence-corrected chi connectivity index (χ4v) is 7.26. The van der Waals surface area contributed by atoms with Crippen LogP contribution < -0.4 is 15.0 Å². The lowest BCUT2D eigenvalue weighted by molar-refractivity contribution is -0.137. The molecule has 1 atom stereocenters. The summed E-state index contributed by atoms with van der Waals surface area (Å²) >= 11 is 0. The summed E-state index contributed by atoms with van der Waals surface area (Å²) in [7, 11) is -4.60. The van der Waals surface area contributed by atoms with Crippen molar-refractivity contribution in [2.75, 3.05) is 36.6 Å². The van der Waals surface area contributed by atoms with Crippen LogP contribution in [0.4, 0.5) is 30.2 Å². The van der Waals surface area contributed by atoms with Gasteiger partial charge in [0, 0.05) is 71.9 Å². The number of hydrogen-bond donors (Lipinski definition) is 3. The number of ether oxygens (including phenoxy) is 2. The topological polar surface area (TPSA) is 142 Å². The number of carbonyl (C=O) groups excluding carboxylic acids is 1. The third-order valence-corrected chi connectivity index (χ3v) is 10.1. The molecule has 0 aromatic heterocycles. The van der Waals surface area contributed by atoms with Gasteiger partial charge in [-0.3, -0.25) is 14.5 Å². The van der Waals surface area contributed by atoms with E-state index in [0.29, 0.717) is 59.1 Å². The van der Waals surface area contributed by atoms with Crippen molar-refractivity contribution in [1.82, 2.24) is 0 Å². The second kappa shape index (κ2) is 18.9. The van der Waals surface area contributed by atoms with Gasteiger partial charge in [0.25, 0.3) is 0 Å². The smallest absolute Gasteiger partial charge is 0.456 e. The monoisotopic (exact) mass is 840 g/mol. The van der Waals surface area contributed by atoms with Crippen molar-refractivity contribution in [1.29, 1.82) is 0 Å². The molecule has 15 heteroatoms. The van der Waals surface area contributed by atoms with Crippen molar-refractivity contribution in [3.05, 3.63) is 160 Å². The summed E-state index contributed by atoms with van der Waals surface area (Å²) in [6.45, 7) is 7.26. The number of aliphatic imine (C=N–C) groups is 2. The van der Waals surface area contributed by atoms with E-state index < -0.39 is 37.9 Å². The molecule has 0 bridgehead atoms. The maximum Gasteiger partial charge on any atom is 0.471 e. The van der Waals surface area contributed by atoms with Crippen LogP contribution >= 0.6 is 7.82 Å². The largest absolute Gasteiger partial charge is 0.471 e. The van der Waals surface area contributed by atoms with Gasteiger partial charge >= 0.3 is 20.0 Å². The van der Waals surface area contributed by atoms with Crippen LogP contribution in [0.25, 0.3) is 0 Å². The van der Waals surface area contributed by atoms with Gasteiger partial charge in [-0.1, -0.05) is 48.6 Å². The maximum absolute atomic E-state index is 13.5. The lowest BCUT2D eigenvalue weighted by atomic mass is 9.77. The highest BCUT2D eigenvalue weighted by Gasteiger charge is 2.53. The van der Waals surface area contributed by atoms with Crippen LogP contribution in [0.15, 0.2) is 143 Å². The Labute approximate surface area is 346 Å². The van der Waals surface area contributed by atoms with E-state index >= 15 is 0 Å². The molecule has 2 aliphatic heterocycles. The molecular formula is C45H44F3N4O7P. The summed E-state index contributed by atoms with van der Waals surface area (Å²) in [5, 5.41) is 3.08. The Bertz CT molecular complexity index is 2450. The number of phosphoric acid groups is 1. The number of phosphoric ester groups is 1. The van der Waals surface area contributed by atoms with Crippen molar-refractivity contribution >= 4 is 43.3 Å². The Kier molecular flexibility index (Phi) is 13.7. The predicted molar refractivity (Wildman–Crippen MR) is 228 cm³/mol. The van der Waals surface area contributed by atoms with Crippen LogP contribution in [0.1, 0.15) is 59.8 Å². The van der Waals surface area contributed by atoms with E-state index in [4.69, 9.17) is 19.3 Å². The molecule has 0 aliphatic carbocycles. The number of anilines is 3. The van der Waals surface area contributed by atoms with Crippen molar-refractivity contribution in [3.8, 4) is 11.5 Å². The maximum atomic E-state index is 13.5. The Hall–Kier alpha value is -6.05. The Morgan fingerprint density at radius 1 is 0.867 bits per heavy atom. The minimum Gasteiger partial charge on any atom is -0.456 e. The van der Waals surface area contributed by atoms with E-state index in [2.05, 4.69) is 31.6 Å². The molecule has 3 N–H and O–H groups in total. The molecule has 0 saturated carbocycles. The number of hydrogen-bond acceptors (Lipinski definition) is 9. The lowest BCUT2D eigenvalue weighted by Crippen LogP contribution is -2.33. The van der Waals surface area contributed by atoms with E-state index in [0.717, 1.165) is 35.4 Å². The van der Waals surface area contributed by atoms with Gasteiger partial charge in [-0.05, 0) is 105 Å². The second-order valence-corrected chi connectivity index (χ2v) is 14.9. The molecule has 0 amide bonds. The summed E-state index contributed by atoms with van der Waals surface area (Å²) in [6, 6.07) is 23.1. The third kappa shape index (κ3) is 10.0. The fraction of sp³-hybridized carbons (Fsp3) is 0.222. The van der Waals surface area contributed by atoms with Crippen LogP contribution in [-0.2, 0) is 25.6 Å². The number of rotatable bonds is 16. The van der Waals surface area contributed by atoms with Gasteiger partial charge in [0.05, 0.1) is 11.1 Å². The number of halogens is 3. The first-order valence-corrected chi connectivity index (χ1v) is 20.7. The number of nitrogens with zero attached hydrogens (tertiary/aromatic N) is 3. The van der Waals surface area contributed by atoms with Crippen molar-refractivity contribution in [2.45, 2.75) is 39.0 Å². The van der Waals surface area contributed by atoms with Crippen molar-refractivity contribution < 1.29 is 46.3 Å². The van der Waals surface area contributed by atoms with E-state index in [1.165, 1.54) is 12.3 Å². The Balaban J connectivity index is 1.21. The molecule has 0 radical (unpaired) electrons. The van der Waals surface area contributed by atoms with E-state index in [-0.39, 0.29) is 5.69 Å². The SMILES string of the molecule is C\C=C/C(=C/C=NCOP(=O)(O)O)C(/C=C\C)=C/C=NCCCN(CC)c1ccc2c(c1)Oc1ccc(Nc3cccc(C(F)(F)F)c3)cc1C21OC(=O)c2ccccc21. The van der Waals surface area contributed by atoms with Crippen LogP contribution in [-0.4, -0.2) is 54.6 Å². The highest BCUT2D eigenvalue weighted by atomic mass is 31.2. The standard InChI is InChI=1S/C45H44F3N4O7P/c1-4-11-31(32(12-5-2)22-25-50-30-57-60(54,55)56)21-24-49-23-10-26-52(6-3)36-18-19-39-42(29-36)58-41-20-17-35(51-34-14-9-13-33(27-34)45(46,47)48)28-40(41)44(39)38-16-8-7-15-37(38)43(53)59-44/h4-5,7-9,11-22,24-25,27-29,51H,6,10,23,26,30H2,1-3H3,(H2,54,55,56)/b11-4-,12-5-,31-21+,32-22-,49-24?,50-25?. The lowest BCUT2D eigenvalue weighted by Gasteiger charge is -2.37. The number of benzene rings is 4. The van der Waals surface area contributed by atoms with Crippen molar-refractivity contribution in [3.63, 3.8) is 0 Å². The molecule has 4 aromatic carbocycles. The Morgan fingerprint density at radius 2 is 1.58 bits per heavy atom. The quantitative estimate of drug-likeness (QED) is 0.0330. The van der Waals surface area contributed by atoms with Crippen molar-refractivity contribution in [2.24, 2.45) is 9.98 Å². The van der Waals surface area contributed by atoms with Gasteiger partial charge in [-0.2, -0.15) is 13.2 Å². The van der Waals surface area contributed by atoms with Gasteiger partial charge in [-0.15, -0.1) is 0 Å². The third-order valence-electron chi connectivity index (χ3n) is 9.68. The van der Waals surface area contributed by atoms with Crippen LogP contribution in [0, 0.1) is 0 Å². The van der Waals surface area contributed by atoms with Gasteiger partial charge in [0.15, 0.2) is 5.60 Å². The van der Waals surface area contributed by atoms with Gasteiger partial charge in [0.2, 0.25) is 0 Å². The van der Waals surface area contributed by atoms with Gasteiger partial charge < -0.3 is 29.5 Å². The number of nitrogens with one attached hydrogen (secondary N) is 1. The van der Waals surface area contributed by atoms with Crippen LogP contribution in [0.2, 0.25) is 0 Å². The first-order valence-electron chi connectivity index (χ1n) is 19.1. The average molecular weight is 841 g/mol. The number of carbonyl (C=O) groups is 1. The minimum atomic E-state index is -4.60. The summed E-state index contributed by atoms with van der Waals surface area (Å²) in [6.07, 6.45) is 10.5. The first-order chi connectivity index (χ1) is 28.8. The molecule has 2 aliphatic rings. The molecule has 60 heavy (non-hydrogen) atoms. The molecule has 312 valence electrons. The fourth-order valence-electron chi connectivity index (χ4n) is 7.05. The molecule has 6 rings (SSSR count). The van der Waals surface area contributed by atoms with Gasteiger partial charge in [-0.25, -0.2) is 9.36 Å².